The molecule has 9 nitrogen and oxygen atoms in total. The number of primary amides is 1. The summed E-state index contributed by atoms with van der Waals surface area (Å²) in [5, 5.41) is 6.13. The van der Waals surface area contributed by atoms with Crippen molar-refractivity contribution in [3.8, 4) is 5.69 Å². The third kappa shape index (κ3) is 5.02. The lowest BCUT2D eigenvalue weighted by molar-refractivity contribution is -0.137. The van der Waals surface area contributed by atoms with Gasteiger partial charge in [-0.25, -0.2) is 5.43 Å². The molecular formula is C20H18F3N5O4. The maximum absolute atomic E-state index is 13.0. The molecule has 0 bridgehead atoms. The summed E-state index contributed by atoms with van der Waals surface area (Å²) in [6, 6.07) is 4.87. The Balaban J connectivity index is 1.85. The highest BCUT2D eigenvalue weighted by Gasteiger charge is 2.30. The van der Waals surface area contributed by atoms with Crippen LogP contribution < -0.4 is 22.0 Å². The molecule has 0 saturated heterocycles. The lowest BCUT2D eigenvalue weighted by atomic mass is 10.1. The highest BCUT2D eigenvalue weighted by Crippen LogP contribution is 2.30. The number of nitrogens with one attached hydrogen (secondary N) is 2. The number of amides is 3. The Kier molecular flexibility index (Phi) is 6.42. The monoisotopic (exact) mass is 449 g/mol. The summed E-state index contributed by atoms with van der Waals surface area (Å²) in [6.45, 7) is 0.111. The van der Waals surface area contributed by atoms with Crippen molar-refractivity contribution in [3.05, 3.63) is 63.6 Å². The van der Waals surface area contributed by atoms with Crippen LogP contribution in [0.2, 0.25) is 0 Å². The van der Waals surface area contributed by atoms with Crippen molar-refractivity contribution in [3.63, 3.8) is 0 Å². The van der Waals surface area contributed by atoms with Gasteiger partial charge in [0.05, 0.1) is 17.0 Å². The number of alkyl halides is 3. The second kappa shape index (κ2) is 9.04. The number of aromatic nitrogens is 1. The zero-order chi connectivity index (χ0) is 23.5. The first-order valence-corrected chi connectivity index (χ1v) is 9.43. The Morgan fingerprint density at radius 3 is 2.59 bits per heavy atom. The maximum atomic E-state index is 13.0. The van der Waals surface area contributed by atoms with E-state index in [2.05, 4.69) is 15.8 Å². The molecule has 0 radical (unpaired) electrons. The smallest absolute Gasteiger partial charge is 0.366 e. The maximum Gasteiger partial charge on any atom is 0.416 e. The fourth-order valence-electron chi connectivity index (χ4n) is 3.07. The van der Waals surface area contributed by atoms with Gasteiger partial charge in [-0.2, -0.15) is 18.3 Å². The van der Waals surface area contributed by atoms with Crippen LogP contribution in [0.1, 0.15) is 39.1 Å². The number of carbonyl (C=O) groups excluding carboxylic acids is 3. The molecule has 1 aromatic carbocycles. The molecule has 0 fully saturated rings. The molecule has 3 amide bonds. The van der Waals surface area contributed by atoms with E-state index in [-0.39, 0.29) is 23.7 Å². The molecule has 2 aromatic rings. The van der Waals surface area contributed by atoms with Gasteiger partial charge >= 0.3 is 6.18 Å². The van der Waals surface area contributed by atoms with Crippen molar-refractivity contribution < 1.29 is 27.6 Å². The van der Waals surface area contributed by atoms with Crippen molar-refractivity contribution in [2.75, 3.05) is 6.54 Å². The third-order valence-electron chi connectivity index (χ3n) is 4.74. The number of halogens is 3. The lowest BCUT2D eigenvalue weighted by Gasteiger charge is -2.13. The fraction of sp³-hybridized carbons (Fsp3) is 0.250. The van der Waals surface area contributed by atoms with Gasteiger partial charge in [0, 0.05) is 24.6 Å². The van der Waals surface area contributed by atoms with Crippen molar-refractivity contribution in [1.29, 1.82) is 0 Å². The van der Waals surface area contributed by atoms with Crippen LogP contribution >= 0.6 is 0 Å². The Hall–Kier alpha value is -3.96. The normalized spacial score (nSPS) is 15.5. The van der Waals surface area contributed by atoms with Gasteiger partial charge in [-0.3, -0.25) is 23.7 Å². The Labute approximate surface area is 179 Å². The van der Waals surface area contributed by atoms with Crippen LogP contribution in [0.15, 0.2) is 46.4 Å². The summed E-state index contributed by atoms with van der Waals surface area (Å²) in [5.74, 6) is -2.47. The van der Waals surface area contributed by atoms with E-state index in [9.17, 15) is 32.3 Å². The van der Waals surface area contributed by atoms with Crippen LogP contribution in [0.3, 0.4) is 0 Å². The molecule has 3 rings (SSSR count). The quantitative estimate of drug-likeness (QED) is 0.547. The van der Waals surface area contributed by atoms with E-state index in [4.69, 9.17) is 5.73 Å². The number of rotatable bonds is 7. The predicted molar refractivity (Wildman–Crippen MR) is 107 cm³/mol. The first kappa shape index (κ1) is 22.7. The first-order chi connectivity index (χ1) is 15.1. The largest absolute Gasteiger partial charge is 0.416 e. The molecule has 1 aliphatic heterocycles. The number of hydrogen-bond donors (Lipinski definition) is 3. The number of hydrogen-bond acceptors (Lipinski definition) is 5. The van der Waals surface area contributed by atoms with E-state index in [1.54, 1.807) is 0 Å². The van der Waals surface area contributed by atoms with Gasteiger partial charge in [0.15, 0.2) is 0 Å². The molecule has 12 heteroatoms. The highest BCUT2D eigenvalue weighted by molar-refractivity contribution is 5.99. The number of nitrogens with two attached hydrogens (primary N) is 1. The van der Waals surface area contributed by atoms with Crippen molar-refractivity contribution in [1.82, 2.24) is 15.3 Å². The molecule has 4 N–H and O–H groups in total. The summed E-state index contributed by atoms with van der Waals surface area (Å²) in [5.41, 5.74) is 4.76. The van der Waals surface area contributed by atoms with Crippen molar-refractivity contribution >= 4 is 23.9 Å². The van der Waals surface area contributed by atoms with E-state index >= 15 is 0 Å². The number of hydrazone groups is 1. The Morgan fingerprint density at radius 2 is 1.97 bits per heavy atom. The van der Waals surface area contributed by atoms with Gasteiger partial charge in [0.25, 0.3) is 11.5 Å². The van der Waals surface area contributed by atoms with Crippen LogP contribution in [0, 0.1) is 5.92 Å². The van der Waals surface area contributed by atoms with Gasteiger partial charge < -0.3 is 11.1 Å². The second-order valence-corrected chi connectivity index (χ2v) is 6.99. The summed E-state index contributed by atoms with van der Waals surface area (Å²) < 4.78 is 39.9. The van der Waals surface area contributed by atoms with Gasteiger partial charge in [-0.15, -0.1) is 0 Å². The fourth-order valence-corrected chi connectivity index (χ4v) is 3.07. The molecule has 0 aliphatic carbocycles. The minimum atomic E-state index is -4.65. The molecule has 168 valence electrons. The highest BCUT2D eigenvalue weighted by atomic mass is 19.4. The SMILES string of the molecule is NC(=O)c1cc(C(=O)NCCCC2C=NNC2=O)c(=O)n(-c2cccc(C(F)(F)F)c2)c1. The first-order valence-electron chi connectivity index (χ1n) is 9.43. The predicted octanol–water partition coefficient (Wildman–Crippen LogP) is 1.20. The summed E-state index contributed by atoms with van der Waals surface area (Å²) >= 11 is 0. The number of carbonyl (C=O) groups is 3. The van der Waals surface area contributed by atoms with E-state index in [1.807, 2.05) is 0 Å². The topological polar surface area (TPSA) is 136 Å². The van der Waals surface area contributed by atoms with Crippen LogP contribution in [0.4, 0.5) is 13.2 Å². The minimum Gasteiger partial charge on any atom is -0.366 e. The Bertz CT molecular complexity index is 1160. The molecule has 1 aliphatic rings. The van der Waals surface area contributed by atoms with E-state index in [0.717, 1.165) is 35.0 Å². The Morgan fingerprint density at radius 1 is 1.22 bits per heavy atom. The summed E-state index contributed by atoms with van der Waals surface area (Å²) in [4.78, 5) is 48.5. The van der Waals surface area contributed by atoms with E-state index < -0.39 is 40.6 Å². The number of benzene rings is 1. The molecule has 1 unspecified atom stereocenters. The summed E-state index contributed by atoms with van der Waals surface area (Å²) in [6.07, 6.45) is -1.41. The summed E-state index contributed by atoms with van der Waals surface area (Å²) in [7, 11) is 0. The third-order valence-corrected chi connectivity index (χ3v) is 4.74. The molecular weight excluding hydrogens is 431 g/mol. The molecule has 1 atom stereocenters. The number of nitrogens with zero attached hydrogens (tertiary/aromatic N) is 2. The van der Waals surface area contributed by atoms with Crippen molar-refractivity contribution in [2.45, 2.75) is 19.0 Å². The zero-order valence-electron chi connectivity index (χ0n) is 16.5. The van der Waals surface area contributed by atoms with Crippen LogP contribution in [0.5, 0.6) is 0 Å². The average Bonchev–Trinajstić information content (AvgIpc) is 3.15. The number of pyridine rings is 1. The molecule has 1 aromatic heterocycles. The molecule has 2 heterocycles. The van der Waals surface area contributed by atoms with E-state index in [1.165, 1.54) is 12.3 Å². The van der Waals surface area contributed by atoms with E-state index in [0.29, 0.717) is 12.8 Å². The molecule has 0 saturated carbocycles. The average molecular weight is 449 g/mol. The minimum absolute atomic E-state index is 0.111. The second-order valence-electron chi connectivity index (χ2n) is 6.99. The van der Waals surface area contributed by atoms with Crippen LogP contribution in [-0.2, 0) is 11.0 Å². The molecule has 0 spiro atoms. The van der Waals surface area contributed by atoms with Crippen LogP contribution in [0.25, 0.3) is 5.69 Å². The van der Waals surface area contributed by atoms with Crippen molar-refractivity contribution in [2.24, 2.45) is 16.8 Å². The zero-order valence-corrected chi connectivity index (χ0v) is 16.5. The van der Waals surface area contributed by atoms with Gasteiger partial charge in [0.2, 0.25) is 11.8 Å². The van der Waals surface area contributed by atoms with Gasteiger partial charge in [-0.05, 0) is 37.1 Å². The molecule has 32 heavy (non-hydrogen) atoms. The standard InChI is InChI=1S/C20H18F3N5O4/c21-20(22,23)13-4-1-5-14(8-13)28-10-12(16(24)29)7-15(19(28)32)18(31)25-6-2-3-11-9-26-27-17(11)30/h1,4-5,7-11H,2-3,6H2,(H2,24,29)(H,25,31)(H,27,30). The van der Waals surface area contributed by atoms with Crippen LogP contribution in [-0.4, -0.2) is 35.0 Å². The van der Waals surface area contributed by atoms with Gasteiger partial charge in [-0.1, -0.05) is 6.07 Å². The van der Waals surface area contributed by atoms with Gasteiger partial charge in [0.1, 0.15) is 5.56 Å². The lowest BCUT2D eigenvalue weighted by Crippen LogP contribution is -2.34.